The first-order chi connectivity index (χ1) is 9.84. The predicted molar refractivity (Wildman–Crippen MR) is 70.0 cm³/mol. The molecule has 1 aromatic heterocycles. The summed E-state index contributed by atoms with van der Waals surface area (Å²) in [5.41, 5.74) is 5.00. The molecule has 0 aliphatic carbocycles. The molecule has 2 aromatic rings. The third-order valence-electron chi connectivity index (χ3n) is 2.67. The topological polar surface area (TPSA) is 63.8 Å². The molecule has 0 fully saturated rings. The molecule has 112 valence electrons. The summed E-state index contributed by atoms with van der Waals surface area (Å²) >= 11 is 0. The van der Waals surface area contributed by atoms with Crippen molar-refractivity contribution in [2.24, 2.45) is 0 Å². The average Bonchev–Trinajstić information content (AvgIpc) is 2.39. The third-order valence-corrected chi connectivity index (χ3v) is 2.67. The Kier molecular flexibility index (Phi) is 4.25. The maximum atomic E-state index is 12.7. The van der Waals surface area contributed by atoms with Crippen LogP contribution in [0.3, 0.4) is 0 Å². The fourth-order valence-corrected chi connectivity index (χ4v) is 1.69. The van der Waals surface area contributed by atoms with E-state index < -0.39 is 17.8 Å². The molecule has 0 saturated heterocycles. The molecule has 0 unspecified atom stereocenters. The summed E-state index contributed by atoms with van der Waals surface area (Å²) in [4.78, 5) is 6.83. The van der Waals surface area contributed by atoms with E-state index in [9.17, 15) is 17.6 Å². The molecule has 0 atom stereocenters. The number of nitrogens with one attached hydrogen (secondary N) is 1. The molecule has 2 rings (SSSR count). The van der Waals surface area contributed by atoms with Crippen molar-refractivity contribution in [3.63, 3.8) is 0 Å². The van der Waals surface area contributed by atoms with Gasteiger partial charge < -0.3 is 11.1 Å². The van der Waals surface area contributed by atoms with Gasteiger partial charge in [0.1, 0.15) is 11.6 Å². The Morgan fingerprint density at radius 1 is 1.10 bits per heavy atom. The lowest BCUT2D eigenvalue weighted by Crippen LogP contribution is -2.14. The zero-order valence-electron chi connectivity index (χ0n) is 10.8. The molecule has 1 aromatic carbocycles. The molecule has 8 heteroatoms. The van der Waals surface area contributed by atoms with E-state index in [1.165, 1.54) is 12.1 Å². The molecule has 0 spiro atoms. The Balaban J connectivity index is 2.00. The Morgan fingerprint density at radius 2 is 1.76 bits per heavy atom. The predicted octanol–water partition coefficient (Wildman–Crippen LogP) is 2.87. The second-order valence-electron chi connectivity index (χ2n) is 4.30. The van der Waals surface area contributed by atoms with Gasteiger partial charge in [-0.3, -0.25) is 0 Å². The summed E-state index contributed by atoms with van der Waals surface area (Å²) < 4.78 is 50.4. The van der Waals surface area contributed by atoms with Crippen LogP contribution in [0.5, 0.6) is 0 Å². The number of benzene rings is 1. The van der Waals surface area contributed by atoms with Gasteiger partial charge in [0.05, 0.1) is 0 Å². The summed E-state index contributed by atoms with van der Waals surface area (Å²) in [6, 6.07) is 6.64. The molecule has 0 aliphatic heterocycles. The van der Waals surface area contributed by atoms with Crippen LogP contribution in [0.15, 0.2) is 30.3 Å². The molecule has 4 nitrogen and oxygen atoms in total. The summed E-state index contributed by atoms with van der Waals surface area (Å²) in [6.45, 7) is 0.333. The minimum atomic E-state index is -4.58. The number of alkyl halides is 3. The van der Waals surface area contributed by atoms with Crippen molar-refractivity contribution < 1.29 is 17.6 Å². The van der Waals surface area contributed by atoms with Crippen molar-refractivity contribution in [3.05, 3.63) is 47.4 Å². The zero-order chi connectivity index (χ0) is 15.5. The van der Waals surface area contributed by atoms with E-state index in [4.69, 9.17) is 5.73 Å². The summed E-state index contributed by atoms with van der Waals surface area (Å²) in [7, 11) is 0. The van der Waals surface area contributed by atoms with Gasteiger partial charge in [0.15, 0.2) is 5.69 Å². The maximum Gasteiger partial charge on any atom is 0.433 e. The normalized spacial score (nSPS) is 11.4. The van der Waals surface area contributed by atoms with Crippen molar-refractivity contribution in [1.82, 2.24) is 9.97 Å². The van der Waals surface area contributed by atoms with Crippen molar-refractivity contribution in [3.8, 4) is 0 Å². The quantitative estimate of drug-likeness (QED) is 0.852. The van der Waals surface area contributed by atoms with Crippen molar-refractivity contribution >= 4 is 11.8 Å². The minimum Gasteiger partial charge on any atom is -0.370 e. The van der Waals surface area contributed by atoms with Crippen LogP contribution in [0.1, 0.15) is 11.3 Å². The highest BCUT2D eigenvalue weighted by Gasteiger charge is 2.33. The first-order valence-electron chi connectivity index (χ1n) is 6.04. The van der Waals surface area contributed by atoms with Crippen LogP contribution < -0.4 is 11.1 Å². The van der Waals surface area contributed by atoms with Crippen LogP contribution >= 0.6 is 0 Å². The molecular weight excluding hydrogens is 288 g/mol. The maximum absolute atomic E-state index is 12.7. The van der Waals surface area contributed by atoms with E-state index in [2.05, 4.69) is 15.3 Å². The number of rotatable bonds is 4. The van der Waals surface area contributed by atoms with E-state index in [1.807, 2.05) is 0 Å². The van der Waals surface area contributed by atoms with Gasteiger partial charge in [-0.15, -0.1) is 0 Å². The fraction of sp³-hybridized carbons (Fsp3) is 0.231. The number of hydrogen-bond donors (Lipinski definition) is 2. The largest absolute Gasteiger partial charge is 0.433 e. The summed E-state index contributed by atoms with van der Waals surface area (Å²) in [5.74, 6) is -0.795. The highest BCUT2D eigenvalue weighted by Crippen LogP contribution is 2.29. The first-order valence-corrected chi connectivity index (χ1v) is 6.04. The van der Waals surface area contributed by atoms with Gasteiger partial charge in [0.25, 0.3) is 0 Å². The lowest BCUT2D eigenvalue weighted by atomic mass is 10.1. The van der Waals surface area contributed by atoms with Gasteiger partial charge in [-0.2, -0.15) is 18.2 Å². The van der Waals surface area contributed by atoms with Crippen LogP contribution in [0.25, 0.3) is 0 Å². The molecule has 3 N–H and O–H groups in total. The van der Waals surface area contributed by atoms with Crippen LogP contribution in [-0.2, 0) is 12.6 Å². The molecular formula is C13H12F4N4. The van der Waals surface area contributed by atoms with E-state index in [-0.39, 0.29) is 11.6 Å². The van der Waals surface area contributed by atoms with Gasteiger partial charge >= 0.3 is 6.18 Å². The monoisotopic (exact) mass is 300 g/mol. The number of halogens is 4. The third kappa shape index (κ3) is 4.30. The zero-order valence-corrected chi connectivity index (χ0v) is 10.8. The molecule has 0 amide bonds. The molecule has 0 bridgehead atoms. The summed E-state index contributed by atoms with van der Waals surface area (Å²) in [6.07, 6.45) is -4.07. The van der Waals surface area contributed by atoms with E-state index >= 15 is 0 Å². The fourth-order valence-electron chi connectivity index (χ4n) is 1.69. The lowest BCUT2D eigenvalue weighted by molar-refractivity contribution is -0.141. The average molecular weight is 300 g/mol. The van der Waals surface area contributed by atoms with Crippen LogP contribution in [0.2, 0.25) is 0 Å². The molecule has 0 aliphatic rings. The Bertz CT molecular complexity index is 611. The molecule has 0 radical (unpaired) electrons. The Morgan fingerprint density at radius 3 is 2.38 bits per heavy atom. The van der Waals surface area contributed by atoms with Gasteiger partial charge in [0, 0.05) is 12.6 Å². The van der Waals surface area contributed by atoms with Crippen LogP contribution in [0.4, 0.5) is 29.3 Å². The van der Waals surface area contributed by atoms with E-state index in [1.54, 1.807) is 12.1 Å². The second kappa shape index (κ2) is 5.94. The number of anilines is 2. The molecule has 1 heterocycles. The summed E-state index contributed by atoms with van der Waals surface area (Å²) in [5, 5.41) is 2.74. The van der Waals surface area contributed by atoms with Gasteiger partial charge in [0.2, 0.25) is 5.95 Å². The lowest BCUT2D eigenvalue weighted by Gasteiger charge is -2.10. The van der Waals surface area contributed by atoms with Gasteiger partial charge in [-0.1, -0.05) is 12.1 Å². The van der Waals surface area contributed by atoms with Crippen molar-refractivity contribution in [2.75, 3.05) is 17.6 Å². The highest BCUT2D eigenvalue weighted by atomic mass is 19.4. The molecule has 0 saturated carbocycles. The number of aromatic nitrogens is 2. The SMILES string of the molecule is Nc1nc(NCCc2ccc(F)cc2)cc(C(F)(F)F)n1. The van der Waals surface area contributed by atoms with Crippen molar-refractivity contribution in [2.45, 2.75) is 12.6 Å². The smallest absolute Gasteiger partial charge is 0.370 e. The van der Waals surface area contributed by atoms with Crippen LogP contribution in [0, 0.1) is 5.82 Å². The van der Waals surface area contributed by atoms with Gasteiger partial charge in [-0.05, 0) is 24.1 Å². The van der Waals surface area contributed by atoms with Crippen molar-refractivity contribution in [1.29, 1.82) is 0 Å². The standard InChI is InChI=1S/C13H12F4N4/c14-9-3-1-8(2-4-9)5-6-19-11-7-10(13(15,16)17)20-12(18)21-11/h1-4,7H,5-6H2,(H3,18,19,20,21). The number of nitrogen functional groups attached to an aromatic ring is 1. The second-order valence-corrected chi connectivity index (χ2v) is 4.30. The van der Waals surface area contributed by atoms with Gasteiger partial charge in [-0.25, -0.2) is 9.37 Å². The Labute approximate surface area is 118 Å². The first kappa shape index (κ1) is 15.0. The van der Waals surface area contributed by atoms with E-state index in [0.29, 0.717) is 13.0 Å². The molecule has 21 heavy (non-hydrogen) atoms. The minimum absolute atomic E-state index is 0.00284. The highest BCUT2D eigenvalue weighted by molar-refractivity contribution is 5.41. The van der Waals surface area contributed by atoms with Crippen LogP contribution in [-0.4, -0.2) is 16.5 Å². The van der Waals surface area contributed by atoms with E-state index in [0.717, 1.165) is 11.6 Å². The number of hydrogen-bond acceptors (Lipinski definition) is 4. The number of nitrogens with two attached hydrogens (primary N) is 1. The number of nitrogens with zero attached hydrogens (tertiary/aromatic N) is 2. The Hall–Kier alpha value is -2.38.